The van der Waals surface area contributed by atoms with E-state index < -0.39 is 0 Å². The van der Waals surface area contributed by atoms with Gasteiger partial charge in [0.05, 0.1) is 22.8 Å². The third-order valence-electron chi connectivity index (χ3n) is 5.35. The molecule has 0 spiro atoms. The van der Waals surface area contributed by atoms with E-state index in [1.165, 1.54) is 0 Å². The van der Waals surface area contributed by atoms with E-state index in [9.17, 15) is 9.59 Å². The van der Waals surface area contributed by atoms with Crippen LogP contribution in [0.1, 0.15) is 46.0 Å². The lowest BCUT2D eigenvalue weighted by Gasteiger charge is -2.20. The Hall–Kier alpha value is -3.12. The molecule has 1 unspecified atom stereocenters. The molecule has 150 valence electrons. The molecule has 0 aliphatic carbocycles. The summed E-state index contributed by atoms with van der Waals surface area (Å²) in [6.45, 7) is 5.78. The summed E-state index contributed by atoms with van der Waals surface area (Å²) in [4.78, 5) is 35.4. The molecule has 0 aliphatic heterocycles. The van der Waals surface area contributed by atoms with E-state index >= 15 is 0 Å². The maximum atomic E-state index is 13.2. The van der Waals surface area contributed by atoms with Gasteiger partial charge in [-0.05, 0) is 72.6 Å². The fraction of sp³-hybridized carbons (Fsp3) is 0.167. The molecule has 0 saturated carbocycles. The molecule has 6 heteroatoms. The molecule has 1 atom stereocenters. The van der Waals surface area contributed by atoms with E-state index in [-0.39, 0.29) is 28.5 Å². The van der Waals surface area contributed by atoms with Crippen LogP contribution < -0.4 is 5.43 Å². The van der Waals surface area contributed by atoms with Crippen LogP contribution in [0.15, 0.2) is 70.2 Å². The zero-order chi connectivity index (χ0) is 21.4. The lowest BCUT2D eigenvalue weighted by Crippen LogP contribution is -2.22. The van der Waals surface area contributed by atoms with Crippen LogP contribution in [0.4, 0.5) is 0 Å². The average Bonchev–Trinajstić information content (AvgIpc) is 2.75. The van der Waals surface area contributed by atoms with Crippen LogP contribution in [0.5, 0.6) is 0 Å². The Kier molecular flexibility index (Phi) is 5.35. The first-order valence-electron chi connectivity index (χ1n) is 9.62. The molecule has 3 heterocycles. The maximum absolute atomic E-state index is 13.2. The van der Waals surface area contributed by atoms with Gasteiger partial charge in [-0.3, -0.25) is 9.59 Å². The van der Waals surface area contributed by atoms with E-state index in [4.69, 9.17) is 0 Å². The molecule has 4 rings (SSSR count). The van der Waals surface area contributed by atoms with Crippen molar-refractivity contribution in [2.24, 2.45) is 0 Å². The number of rotatable bonds is 4. The first-order chi connectivity index (χ1) is 14.4. The molecule has 0 amide bonds. The number of carbonyl (C=O) groups is 1. The molecule has 0 saturated heterocycles. The minimum Gasteiger partial charge on any atom is -0.338 e. The maximum Gasteiger partial charge on any atom is 0.216 e. The largest absolute Gasteiger partial charge is 0.338 e. The van der Waals surface area contributed by atoms with Gasteiger partial charge in [0, 0.05) is 17.3 Å². The summed E-state index contributed by atoms with van der Waals surface area (Å²) in [5.41, 5.74) is 3.42. The molecule has 0 N–H and O–H groups in total. The lowest BCUT2D eigenvalue weighted by atomic mass is 10.0. The van der Waals surface area contributed by atoms with E-state index in [0.29, 0.717) is 5.39 Å². The molecule has 5 nitrogen and oxygen atoms in total. The molecule has 3 aromatic heterocycles. The van der Waals surface area contributed by atoms with Gasteiger partial charge < -0.3 is 4.57 Å². The number of hydrogen-bond donors (Lipinski definition) is 0. The molecular weight excluding hydrogens is 442 g/mol. The number of para-hydroxylation sites is 1. The van der Waals surface area contributed by atoms with Gasteiger partial charge in [-0.25, -0.2) is 9.97 Å². The van der Waals surface area contributed by atoms with Gasteiger partial charge >= 0.3 is 0 Å². The Bertz CT molecular complexity index is 1340. The monoisotopic (exact) mass is 461 g/mol. The molecule has 0 radical (unpaired) electrons. The topological polar surface area (TPSA) is 64.8 Å². The fourth-order valence-electron chi connectivity index (χ4n) is 3.48. The second kappa shape index (κ2) is 7.95. The van der Waals surface area contributed by atoms with Gasteiger partial charge in [0.1, 0.15) is 10.3 Å². The summed E-state index contributed by atoms with van der Waals surface area (Å²) in [5.74, 6) is -0.378. The van der Waals surface area contributed by atoms with Crippen molar-refractivity contribution in [2.45, 2.75) is 26.8 Å². The predicted molar refractivity (Wildman–Crippen MR) is 121 cm³/mol. The lowest BCUT2D eigenvalue weighted by molar-refractivity contribution is 0.103. The number of ketones is 1. The van der Waals surface area contributed by atoms with Crippen LogP contribution in [-0.2, 0) is 0 Å². The van der Waals surface area contributed by atoms with Crippen molar-refractivity contribution < 1.29 is 4.79 Å². The van der Waals surface area contributed by atoms with Crippen molar-refractivity contribution in [2.75, 3.05) is 0 Å². The van der Waals surface area contributed by atoms with Crippen molar-refractivity contribution in [3.8, 4) is 0 Å². The summed E-state index contributed by atoms with van der Waals surface area (Å²) in [7, 11) is 0. The quantitative estimate of drug-likeness (QED) is 0.316. The van der Waals surface area contributed by atoms with Crippen LogP contribution in [0.3, 0.4) is 0 Å². The first-order valence-corrected chi connectivity index (χ1v) is 10.4. The highest BCUT2D eigenvalue weighted by atomic mass is 79.9. The van der Waals surface area contributed by atoms with Crippen LogP contribution in [-0.4, -0.2) is 20.3 Å². The van der Waals surface area contributed by atoms with Crippen LogP contribution in [0.2, 0.25) is 0 Å². The van der Waals surface area contributed by atoms with Gasteiger partial charge in [-0.15, -0.1) is 0 Å². The minimum atomic E-state index is -0.378. The van der Waals surface area contributed by atoms with Gasteiger partial charge in [0.15, 0.2) is 0 Å². The van der Waals surface area contributed by atoms with Crippen molar-refractivity contribution in [3.63, 3.8) is 0 Å². The third-order valence-corrected chi connectivity index (χ3v) is 5.79. The Labute approximate surface area is 182 Å². The number of fused-ring (bicyclic) bond motifs is 1. The number of halogens is 1. The summed E-state index contributed by atoms with van der Waals surface area (Å²) in [6, 6.07) is 16.4. The summed E-state index contributed by atoms with van der Waals surface area (Å²) < 4.78 is 2.66. The fourth-order valence-corrected chi connectivity index (χ4v) is 3.84. The summed E-state index contributed by atoms with van der Waals surface area (Å²) in [6.07, 6.45) is 1.64. The molecular formula is C24H20BrN3O2. The van der Waals surface area contributed by atoms with Crippen LogP contribution >= 0.6 is 15.9 Å². The zero-order valence-corrected chi connectivity index (χ0v) is 18.5. The predicted octanol–water partition coefficient (Wildman–Crippen LogP) is 5.01. The number of benzene rings is 1. The molecule has 0 fully saturated rings. The Balaban J connectivity index is 1.93. The molecule has 30 heavy (non-hydrogen) atoms. The van der Waals surface area contributed by atoms with Crippen molar-refractivity contribution >= 4 is 32.6 Å². The van der Waals surface area contributed by atoms with E-state index in [2.05, 4.69) is 25.9 Å². The zero-order valence-electron chi connectivity index (χ0n) is 16.9. The van der Waals surface area contributed by atoms with Crippen molar-refractivity contribution in [1.29, 1.82) is 0 Å². The number of hydrogen-bond acceptors (Lipinski definition) is 4. The summed E-state index contributed by atoms with van der Waals surface area (Å²) in [5, 5.41) is 0.494. The standard InChI is InChI=1S/C24H20BrN3O2/c1-14-11-12-20(26-15(14)2)24(30)18-13-28(16(3)19-8-6-10-22(25)27-19)21-9-5-4-7-17(21)23(18)29/h4-13,16H,1-3H3. The highest BCUT2D eigenvalue weighted by Gasteiger charge is 2.21. The molecule has 0 bridgehead atoms. The summed E-state index contributed by atoms with van der Waals surface area (Å²) >= 11 is 3.41. The number of nitrogens with zero attached hydrogens (tertiary/aromatic N) is 3. The molecule has 4 aromatic rings. The SMILES string of the molecule is Cc1ccc(C(=O)c2cn(C(C)c3cccc(Br)n3)c3ccccc3c2=O)nc1C. The number of aryl methyl sites for hydroxylation is 2. The minimum absolute atomic E-state index is 0.103. The third kappa shape index (κ3) is 3.59. The first kappa shape index (κ1) is 20.2. The average molecular weight is 462 g/mol. The van der Waals surface area contributed by atoms with Gasteiger partial charge in [0.25, 0.3) is 0 Å². The molecule has 0 aliphatic rings. The normalized spacial score (nSPS) is 12.1. The van der Waals surface area contributed by atoms with Crippen molar-refractivity contribution in [1.82, 2.24) is 14.5 Å². The Morgan fingerprint density at radius 3 is 2.50 bits per heavy atom. The second-order valence-corrected chi connectivity index (χ2v) is 8.10. The second-order valence-electron chi connectivity index (χ2n) is 7.29. The van der Waals surface area contributed by atoms with Crippen molar-refractivity contribution in [3.05, 3.63) is 104 Å². The van der Waals surface area contributed by atoms with E-state index in [1.54, 1.807) is 24.4 Å². The Morgan fingerprint density at radius 2 is 1.77 bits per heavy atom. The highest BCUT2D eigenvalue weighted by molar-refractivity contribution is 9.10. The smallest absolute Gasteiger partial charge is 0.216 e. The van der Waals surface area contributed by atoms with Gasteiger partial charge in [-0.1, -0.05) is 24.3 Å². The van der Waals surface area contributed by atoms with Crippen LogP contribution in [0, 0.1) is 13.8 Å². The molecule has 1 aromatic carbocycles. The van der Waals surface area contributed by atoms with E-state index in [0.717, 1.165) is 27.1 Å². The van der Waals surface area contributed by atoms with Gasteiger partial charge in [0.2, 0.25) is 11.2 Å². The van der Waals surface area contributed by atoms with Gasteiger partial charge in [-0.2, -0.15) is 0 Å². The number of pyridine rings is 3. The number of carbonyl (C=O) groups excluding carboxylic acids is 1. The van der Waals surface area contributed by atoms with E-state index in [1.807, 2.05) is 61.7 Å². The highest BCUT2D eigenvalue weighted by Crippen LogP contribution is 2.23. The number of aromatic nitrogens is 3. The Morgan fingerprint density at radius 1 is 1.00 bits per heavy atom. The van der Waals surface area contributed by atoms with Crippen LogP contribution in [0.25, 0.3) is 10.9 Å².